The van der Waals surface area contributed by atoms with Crippen molar-refractivity contribution in [2.45, 2.75) is 6.18 Å². The minimum absolute atomic E-state index is 0.0155. The first-order valence-electron chi connectivity index (χ1n) is 6.41. The quantitative estimate of drug-likeness (QED) is 0.881. The number of amides is 1. The van der Waals surface area contributed by atoms with Crippen molar-refractivity contribution in [3.05, 3.63) is 53.9 Å². The van der Waals surface area contributed by atoms with Crippen LogP contribution in [0, 0.1) is 12.3 Å². The van der Waals surface area contributed by atoms with Crippen molar-refractivity contribution in [3.8, 4) is 18.1 Å². The smallest absolute Gasteiger partial charge is 0.433 e. The van der Waals surface area contributed by atoms with E-state index in [0.717, 1.165) is 12.3 Å². The second-order valence-corrected chi connectivity index (χ2v) is 4.44. The first-order chi connectivity index (χ1) is 10.9. The molecule has 1 amide bonds. The Bertz CT molecular complexity index is 751. The van der Waals surface area contributed by atoms with E-state index in [0.29, 0.717) is 11.3 Å². The van der Waals surface area contributed by atoms with Crippen LogP contribution in [-0.4, -0.2) is 17.5 Å². The van der Waals surface area contributed by atoms with E-state index in [4.69, 9.17) is 11.2 Å². The predicted molar refractivity (Wildman–Crippen MR) is 77.7 cm³/mol. The average molecular weight is 320 g/mol. The normalized spacial score (nSPS) is 10.7. The number of nitrogens with one attached hydrogen (secondary N) is 1. The van der Waals surface area contributed by atoms with Gasteiger partial charge in [0.1, 0.15) is 11.4 Å². The van der Waals surface area contributed by atoms with E-state index in [-0.39, 0.29) is 12.3 Å². The van der Waals surface area contributed by atoms with Crippen LogP contribution in [0.4, 0.5) is 18.9 Å². The van der Waals surface area contributed by atoms with E-state index >= 15 is 0 Å². The molecule has 0 aliphatic heterocycles. The highest BCUT2D eigenvalue weighted by Gasteiger charge is 2.32. The van der Waals surface area contributed by atoms with Crippen LogP contribution in [0.1, 0.15) is 11.3 Å². The van der Waals surface area contributed by atoms with Gasteiger partial charge in [-0.15, -0.1) is 6.42 Å². The Hall–Kier alpha value is -3.01. The van der Waals surface area contributed by atoms with Crippen molar-refractivity contribution in [3.63, 3.8) is 0 Å². The standard InChI is InChI=1S/C16H11F3N2O2/c1-2-11-4-3-5-13(8-11)23-10-15(22)21-12-6-7-20-14(9-12)16(17,18)19/h1,3-9H,10H2,(H,20,21,22). The molecule has 0 aliphatic rings. The zero-order valence-corrected chi connectivity index (χ0v) is 11.7. The van der Waals surface area contributed by atoms with E-state index < -0.39 is 17.8 Å². The van der Waals surface area contributed by atoms with Crippen molar-refractivity contribution in [2.24, 2.45) is 0 Å². The van der Waals surface area contributed by atoms with Gasteiger partial charge in [-0.05, 0) is 30.3 Å². The third-order valence-corrected chi connectivity index (χ3v) is 2.70. The average Bonchev–Trinajstić information content (AvgIpc) is 2.52. The second kappa shape index (κ2) is 6.83. The summed E-state index contributed by atoms with van der Waals surface area (Å²) in [6, 6.07) is 8.55. The molecule has 23 heavy (non-hydrogen) atoms. The number of hydrogen-bond acceptors (Lipinski definition) is 3. The lowest BCUT2D eigenvalue weighted by molar-refractivity contribution is -0.141. The molecule has 0 unspecified atom stereocenters. The molecule has 0 spiro atoms. The number of hydrogen-bond donors (Lipinski definition) is 1. The van der Waals surface area contributed by atoms with Crippen LogP contribution in [0.5, 0.6) is 5.75 Å². The Balaban J connectivity index is 1.96. The molecule has 4 nitrogen and oxygen atoms in total. The van der Waals surface area contributed by atoms with Crippen molar-refractivity contribution in [1.82, 2.24) is 4.98 Å². The number of carbonyl (C=O) groups excluding carboxylic acids is 1. The maximum atomic E-state index is 12.5. The maximum absolute atomic E-state index is 12.5. The molecule has 2 rings (SSSR count). The van der Waals surface area contributed by atoms with Crippen LogP contribution < -0.4 is 10.1 Å². The van der Waals surface area contributed by atoms with Crippen molar-refractivity contribution < 1.29 is 22.7 Å². The fraction of sp³-hybridized carbons (Fsp3) is 0.125. The fourth-order valence-corrected chi connectivity index (χ4v) is 1.68. The zero-order valence-electron chi connectivity index (χ0n) is 11.7. The number of anilines is 1. The molecule has 1 heterocycles. The molecule has 1 aromatic carbocycles. The van der Waals surface area contributed by atoms with E-state index in [9.17, 15) is 18.0 Å². The van der Waals surface area contributed by atoms with Gasteiger partial charge in [-0.25, -0.2) is 0 Å². The summed E-state index contributed by atoms with van der Waals surface area (Å²) in [4.78, 5) is 14.9. The predicted octanol–water partition coefficient (Wildman–Crippen LogP) is 3.10. The van der Waals surface area contributed by atoms with E-state index in [1.54, 1.807) is 24.3 Å². The monoisotopic (exact) mass is 320 g/mol. The zero-order chi connectivity index (χ0) is 16.9. The van der Waals surface area contributed by atoms with Gasteiger partial charge in [0, 0.05) is 17.4 Å². The summed E-state index contributed by atoms with van der Waals surface area (Å²) in [5.74, 6) is 2.21. The lowest BCUT2D eigenvalue weighted by Crippen LogP contribution is -2.20. The summed E-state index contributed by atoms with van der Waals surface area (Å²) in [5, 5.41) is 2.31. The van der Waals surface area contributed by atoms with Crippen LogP contribution in [0.25, 0.3) is 0 Å². The highest BCUT2D eigenvalue weighted by Crippen LogP contribution is 2.28. The molecule has 0 radical (unpaired) electrons. The molecule has 1 aromatic heterocycles. The van der Waals surface area contributed by atoms with Crippen LogP contribution in [0.3, 0.4) is 0 Å². The lowest BCUT2D eigenvalue weighted by Gasteiger charge is -2.10. The highest BCUT2D eigenvalue weighted by molar-refractivity contribution is 5.91. The number of nitrogens with zero attached hydrogens (tertiary/aromatic N) is 1. The number of benzene rings is 1. The third kappa shape index (κ3) is 4.74. The number of aromatic nitrogens is 1. The number of pyridine rings is 1. The molecule has 0 saturated carbocycles. The maximum Gasteiger partial charge on any atom is 0.433 e. The Morgan fingerprint density at radius 3 is 2.78 bits per heavy atom. The Morgan fingerprint density at radius 1 is 1.30 bits per heavy atom. The minimum atomic E-state index is -4.58. The topological polar surface area (TPSA) is 51.2 Å². The summed E-state index contributed by atoms with van der Waals surface area (Å²) in [7, 11) is 0. The number of carbonyl (C=O) groups is 1. The van der Waals surface area contributed by atoms with Gasteiger partial charge < -0.3 is 10.1 Å². The van der Waals surface area contributed by atoms with Crippen LogP contribution in [0.2, 0.25) is 0 Å². The lowest BCUT2D eigenvalue weighted by atomic mass is 10.2. The number of halogens is 3. The molecule has 118 valence electrons. The first-order valence-corrected chi connectivity index (χ1v) is 6.41. The fourth-order valence-electron chi connectivity index (χ4n) is 1.68. The molecule has 7 heteroatoms. The Kier molecular flexibility index (Phi) is 4.86. The van der Waals surface area contributed by atoms with Crippen molar-refractivity contribution in [2.75, 3.05) is 11.9 Å². The molecular formula is C16H11F3N2O2. The Morgan fingerprint density at radius 2 is 2.09 bits per heavy atom. The largest absolute Gasteiger partial charge is 0.484 e. The van der Waals surface area contributed by atoms with Crippen LogP contribution in [-0.2, 0) is 11.0 Å². The van der Waals surface area contributed by atoms with Crippen LogP contribution in [0.15, 0.2) is 42.6 Å². The summed E-state index contributed by atoms with van der Waals surface area (Å²) in [5.41, 5.74) is -0.511. The van der Waals surface area contributed by atoms with E-state index in [1.807, 2.05) is 0 Å². The van der Waals surface area contributed by atoms with Crippen molar-refractivity contribution >= 4 is 11.6 Å². The van der Waals surface area contributed by atoms with Gasteiger partial charge in [-0.2, -0.15) is 13.2 Å². The van der Waals surface area contributed by atoms with Gasteiger partial charge >= 0.3 is 6.18 Å². The van der Waals surface area contributed by atoms with Gasteiger partial charge in [0.25, 0.3) is 5.91 Å². The first kappa shape index (κ1) is 16.4. The molecule has 0 atom stereocenters. The van der Waals surface area contributed by atoms with Gasteiger partial charge in [-0.1, -0.05) is 12.0 Å². The molecular weight excluding hydrogens is 309 g/mol. The van der Waals surface area contributed by atoms with Gasteiger partial charge in [0.15, 0.2) is 6.61 Å². The number of rotatable bonds is 4. The van der Waals surface area contributed by atoms with Crippen LogP contribution >= 0.6 is 0 Å². The molecule has 0 fully saturated rings. The molecule has 1 N–H and O–H groups in total. The second-order valence-electron chi connectivity index (χ2n) is 4.44. The summed E-state index contributed by atoms with van der Waals surface area (Å²) < 4.78 is 42.8. The van der Waals surface area contributed by atoms with E-state index in [2.05, 4.69) is 16.2 Å². The molecule has 0 bridgehead atoms. The number of alkyl halides is 3. The molecule has 0 aliphatic carbocycles. The number of terminal acetylenes is 1. The van der Waals surface area contributed by atoms with Gasteiger partial charge in [0.2, 0.25) is 0 Å². The van der Waals surface area contributed by atoms with Crippen molar-refractivity contribution in [1.29, 1.82) is 0 Å². The van der Waals surface area contributed by atoms with Gasteiger partial charge in [-0.3, -0.25) is 9.78 Å². The number of ether oxygens (including phenoxy) is 1. The summed E-state index contributed by atoms with van der Waals surface area (Å²) in [6.07, 6.45) is 1.63. The minimum Gasteiger partial charge on any atom is -0.484 e. The third-order valence-electron chi connectivity index (χ3n) is 2.70. The highest BCUT2D eigenvalue weighted by atomic mass is 19.4. The molecule has 2 aromatic rings. The molecule has 0 saturated heterocycles. The Labute approximate surface area is 130 Å². The summed E-state index contributed by atoms with van der Waals surface area (Å²) in [6.45, 7) is -0.363. The summed E-state index contributed by atoms with van der Waals surface area (Å²) >= 11 is 0. The van der Waals surface area contributed by atoms with Gasteiger partial charge in [0.05, 0.1) is 0 Å². The SMILES string of the molecule is C#Cc1cccc(OCC(=O)Nc2ccnc(C(F)(F)F)c2)c1. The van der Waals surface area contributed by atoms with E-state index in [1.165, 1.54) is 6.07 Å².